The molecule has 1 fully saturated rings. The topological polar surface area (TPSA) is 86.8 Å². The largest absolute Gasteiger partial charge is 0.357 e. The zero-order chi connectivity index (χ0) is 27.3. The summed E-state index contributed by atoms with van der Waals surface area (Å²) in [4.78, 5) is 33.9. The van der Waals surface area contributed by atoms with E-state index in [4.69, 9.17) is 9.97 Å². The molecule has 1 aliphatic heterocycles. The molecular formula is C34H28N6O. The van der Waals surface area contributed by atoms with Crippen molar-refractivity contribution in [2.75, 3.05) is 18.0 Å². The third-order valence-corrected chi connectivity index (χ3v) is 8.39. The van der Waals surface area contributed by atoms with Gasteiger partial charge in [-0.1, -0.05) is 60.7 Å². The molecule has 1 atom stereocenters. The number of aromatic amines is 1. The summed E-state index contributed by atoms with van der Waals surface area (Å²) in [5.74, 6) is 1.56. The zero-order valence-electron chi connectivity index (χ0n) is 22.5. The number of benzene rings is 3. The molecule has 1 amide bonds. The number of pyridine rings is 2. The Morgan fingerprint density at radius 1 is 0.829 bits per heavy atom. The van der Waals surface area contributed by atoms with Gasteiger partial charge in [-0.25, -0.2) is 9.97 Å². The van der Waals surface area contributed by atoms with Gasteiger partial charge in [-0.05, 0) is 59.7 Å². The molecule has 2 N–H and O–H groups in total. The number of para-hydroxylation sites is 1. The van der Waals surface area contributed by atoms with Crippen molar-refractivity contribution in [3.8, 4) is 22.5 Å². The number of fused-ring (bicyclic) bond motifs is 5. The highest BCUT2D eigenvalue weighted by Crippen LogP contribution is 2.47. The average Bonchev–Trinajstić information content (AvgIpc) is 3.61. The number of piperidine rings is 1. The second-order valence-electron chi connectivity index (χ2n) is 10.8. The Morgan fingerprint density at radius 3 is 2.54 bits per heavy atom. The zero-order valence-corrected chi connectivity index (χ0v) is 22.5. The highest BCUT2D eigenvalue weighted by atomic mass is 16.1. The molecule has 3 aromatic heterocycles. The van der Waals surface area contributed by atoms with Gasteiger partial charge in [-0.3, -0.25) is 9.78 Å². The summed E-state index contributed by atoms with van der Waals surface area (Å²) in [6.45, 7) is 1.94. The smallest absolute Gasteiger partial charge is 0.252 e. The molecule has 2 aliphatic rings. The van der Waals surface area contributed by atoms with Crippen molar-refractivity contribution in [3.05, 3.63) is 108 Å². The number of imidazole rings is 1. The van der Waals surface area contributed by atoms with Crippen LogP contribution in [0.15, 0.2) is 91.3 Å². The first-order chi connectivity index (χ1) is 20.2. The van der Waals surface area contributed by atoms with Crippen LogP contribution < -0.4 is 10.2 Å². The monoisotopic (exact) mass is 536 g/mol. The Bertz CT molecular complexity index is 1920. The number of rotatable bonds is 4. The van der Waals surface area contributed by atoms with Crippen molar-refractivity contribution in [1.82, 2.24) is 25.3 Å². The van der Waals surface area contributed by atoms with Crippen molar-refractivity contribution >= 4 is 33.7 Å². The van der Waals surface area contributed by atoms with E-state index in [1.807, 2.05) is 54.6 Å². The number of amides is 1. The van der Waals surface area contributed by atoms with Crippen LogP contribution in [0.4, 0.5) is 5.82 Å². The minimum atomic E-state index is -0.287. The summed E-state index contributed by atoms with van der Waals surface area (Å²) < 4.78 is 0. The molecule has 3 aromatic carbocycles. The minimum absolute atomic E-state index is 0.102. The summed E-state index contributed by atoms with van der Waals surface area (Å²) >= 11 is 0. The third-order valence-electron chi connectivity index (χ3n) is 8.39. The molecule has 7 nitrogen and oxygen atoms in total. The molecule has 0 bridgehead atoms. The second kappa shape index (κ2) is 9.55. The fourth-order valence-electron chi connectivity index (χ4n) is 6.44. The first-order valence-corrected chi connectivity index (χ1v) is 14.2. The Kier molecular flexibility index (Phi) is 5.55. The lowest BCUT2D eigenvalue weighted by molar-refractivity contribution is 0.0945. The highest BCUT2D eigenvalue weighted by molar-refractivity contribution is 6.07. The SMILES string of the molecule is O=C(NC1c2ccccc2-c2c(-c3nc4ccncc4[nH]3)cccc21)c1cc(N2CCCCC2)nc2ccccc12. The molecule has 6 aromatic rings. The van der Waals surface area contributed by atoms with Crippen molar-refractivity contribution < 1.29 is 4.79 Å². The highest BCUT2D eigenvalue weighted by Gasteiger charge is 2.33. The molecule has 0 spiro atoms. The maximum Gasteiger partial charge on any atom is 0.252 e. The molecule has 7 heteroatoms. The lowest BCUT2D eigenvalue weighted by atomic mass is 9.98. The molecule has 0 radical (unpaired) electrons. The van der Waals surface area contributed by atoms with E-state index in [2.05, 4.69) is 44.5 Å². The summed E-state index contributed by atoms with van der Waals surface area (Å²) in [5.41, 5.74) is 8.61. The number of H-pyrrole nitrogens is 1. The number of nitrogens with one attached hydrogen (secondary N) is 2. The maximum atomic E-state index is 14.2. The van der Waals surface area contributed by atoms with Crippen LogP contribution in [-0.4, -0.2) is 38.9 Å². The number of carbonyl (C=O) groups excluding carboxylic acids is 1. The van der Waals surface area contributed by atoms with E-state index in [0.717, 1.165) is 87.3 Å². The predicted octanol–water partition coefficient (Wildman–Crippen LogP) is 6.66. The summed E-state index contributed by atoms with van der Waals surface area (Å²) in [6.07, 6.45) is 7.09. The molecule has 0 saturated carbocycles. The van der Waals surface area contributed by atoms with E-state index < -0.39 is 0 Å². The molecule has 1 unspecified atom stereocenters. The first kappa shape index (κ1) is 23.8. The normalized spacial score (nSPS) is 16.1. The van der Waals surface area contributed by atoms with Crippen molar-refractivity contribution in [3.63, 3.8) is 0 Å². The molecule has 1 aliphatic carbocycles. The minimum Gasteiger partial charge on any atom is -0.357 e. The van der Waals surface area contributed by atoms with Gasteiger partial charge in [-0.2, -0.15) is 0 Å². The van der Waals surface area contributed by atoms with Gasteiger partial charge in [0, 0.05) is 30.2 Å². The van der Waals surface area contributed by atoms with Crippen LogP contribution in [0.3, 0.4) is 0 Å². The standard InChI is InChI=1S/C34H28N6O/c41-34(26-19-30(40-17-6-1-7-18-40)36-27-14-5-4-9-21(26)27)39-32-23-11-3-2-10-22(23)31-24(32)12-8-13-25(31)33-37-28-15-16-35-20-29(28)38-33/h2-5,8-16,19-20,32H,1,6-7,17-18H2,(H,37,38)(H,39,41). The van der Waals surface area contributed by atoms with Crippen LogP contribution in [0.5, 0.6) is 0 Å². The lowest BCUT2D eigenvalue weighted by Crippen LogP contribution is -2.31. The van der Waals surface area contributed by atoms with Gasteiger partial charge in [0.25, 0.3) is 5.91 Å². The second-order valence-corrected chi connectivity index (χ2v) is 10.8. The summed E-state index contributed by atoms with van der Waals surface area (Å²) in [5, 5.41) is 4.27. The summed E-state index contributed by atoms with van der Waals surface area (Å²) in [6, 6.07) is 26.1. The van der Waals surface area contributed by atoms with Gasteiger partial charge in [0.15, 0.2) is 0 Å². The van der Waals surface area contributed by atoms with Crippen LogP contribution in [0.25, 0.3) is 44.5 Å². The Balaban J connectivity index is 1.22. The van der Waals surface area contributed by atoms with Crippen LogP contribution >= 0.6 is 0 Å². The number of nitrogens with zero attached hydrogens (tertiary/aromatic N) is 4. The van der Waals surface area contributed by atoms with Crippen LogP contribution in [-0.2, 0) is 0 Å². The average molecular weight is 537 g/mol. The van der Waals surface area contributed by atoms with Gasteiger partial charge in [0.05, 0.1) is 34.4 Å². The molecular weight excluding hydrogens is 508 g/mol. The van der Waals surface area contributed by atoms with Gasteiger partial charge < -0.3 is 15.2 Å². The van der Waals surface area contributed by atoms with Crippen LogP contribution in [0, 0.1) is 0 Å². The van der Waals surface area contributed by atoms with E-state index in [1.54, 1.807) is 12.4 Å². The fraction of sp³-hybridized carbons (Fsp3) is 0.176. The van der Waals surface area contributed by atoms with Gasteiger partial charge in [0.1, 0.15) is 11.6 Å². The molecule has 8 rings (SSSR count). The number of hydrogen-bond acceptors (Lipinski definition) is 5. The number of aromatic nitrogens is 4. The molecule has 1 saturated heterocycles. The molecule has 200 valence electrons. The van der Waals surface area contributed by atoms with Gasteiger partial charge in [-0.15, -0.1) is 0 Å². The fourth-order valence-corrected chi connectivity index (χ4v) is 6.44. The maximum absolute atomic E-state index is 14.2. The Labute approximate surface area is 237 Å². The van der Waals surface area contributed by atoms with E-state index in [1.165, 1.54) is 6.42 Å². The molecule has 41 heavy (non-hydrogen) atoms. The third kappa shape index (κ3) is 3.96. The quantitative estimate of drug-likeness (QED) is 0.263. The van der Waals surface area contributed by atoms with Crippen molar-refractivity contribution in [2.45, 2.75) is 25.3 Å². The van der Waals surface area contributed by atoms with E-state index in [9.17, 15) is 4.79 Å². The van der Waals surface area contributed by atoms with Crippen LogP contribution in [0.1, 0.15) is 46.8 Å². The van der Waals surface area contributed by atoms with Crippen LogP contribution in [0.2, 0.25) is 0 Å². The molecule has 4 heterocycles. The van der Waals surface area contributed by atoms with E-state index >= 15 is 0 Å². The lowest BCUT2D eigenvalue weighted by Gasteiger charge is -2.28. The van der Waals surface area contributed by atoms with E-state index in [0.29, 0.717) is 5.56 Å². The Hall–Kier alpha value is -5.04. The number of carbonyl (C=O) groups is 1. The van der Waals surface area contributed by atoms with Crippen molar-refractivity contribution in [2.24, 2.45) is 0 Å². The van der Waals surface area contributed by atoms with Crippen molar-refractivity contribution in [1.29, 1.82) is 0 Å². The van der Waals surface area contributed by atoms with Gasteiger partial charge >= 0.3 is 0 Å². The first-order valence-electron chi connectivity index (χ1n) is 14.2. The number of anilines is 1. The summed E-state index contributed by atoms with van der Waals surface area (Å²) in [7, 11) is 0. The number of hydrogen-bond donors (Lipinski definition) is 2. The predicted molar refractivity (Wildman–Crippen MR) is 162 cm³/mol. The Morgan fingerprint density at radius 2 is 1.63 bits per heavy atom. The van der Waals surface area contributed by atoms with E-state index in [-0.39, 0.29) is 11.9 Å². The van der Waals surface area contributed by atoms with Gasteiger partial charge in [0.2, 0.25) is 0 Å².